The molecular weight excluding hydrogens is 228 g/mol. The summed E-state index contributed by atoms with van der Waals surface area (Å²) in [7, 11) is -6.55. The molecule has 1 N–H and O–H groups in total. The molecule has 1 aromatic rings. The summed E-state index contributed by atoms with van der Waals surface area (Å²) in [5.74, 6) is 0. The third kappa shape index (κ3) is 2.95. The van der Waals surface area contributed by atoms with Gasteiger partial charge in [0.15, 0.2) is 0 Å². The van der Waals surface area contributed by atoms with Gasteiger partial charge in [-0.25, -0.2) is 0 Å². The van der Waals surface area contributed by atoms with E-state index in [0.717, 1.165) is 17.5 Å². The van der Waals surface area contributed by atoms with Crippen LogP contribution in [0, 0.1) is 0 Å². The van der Waals surface area contributed by atoms with Crippen molar-refractivity contribution in [1.82, 2.24) is 0 Å². The van der Waals surface area contributed by atoms with Crippen LogP contribution >= 0.6 is 0 Å². The molecule has 0 heterocycles. The standard InChI is InChI=1S/C7H6O5S2/c8-13(9)5-6-1-3-7(4-2-6)14(10,11)12/h1-5H,(H,10,11,12). The van der Waals surface area contributed by atoms with E-state index in [4.69, 9.17) is 4.55 Å². The number of hydrogen-bond acceptors (Lipinski definition) is 4. The third-order valence-corrected chi connectivity index (χ3v) is 2.74. The highest BCUT2D eigenvalue weighted by atomic mass is 32.2. The van der Waals surface area contributed by atoms with Gasteiger partial charge in [-0.2, -0.15) is 16.8 Å². The molecule has 0 bridgehead atoms. The van der Waals surface area contributed by atoms with Crippen LogP contribution in [0.5, 0.6) is 0 Å². The minimum absolute atomic E-state index is 0.272. The van der Waals surface area contributed by atoms with E-state index in [1.807, 2.05) is 0 Å². The van der Waals surface area contributed by atoms with Crippen LogP contribution in [-0.2, 0) is 20.4 Å². The molecule has 0 aliphatic heterocycles. The van der Waals surface area contributed by atoms with Gasteiger partial charge in [0.1, 0.15) is 0 Å². The van der Waals surface area contributed by atoms with Gasteiger partial charge in [-0.1, -0.05) is 12.1 Å². The van der Waals surface area contributed by atoms with Crippen LogP contribution in [0.15, 0.2) is 29.2 Å². The van der Waals surface area contributed by atoms with Crippen LogP contribution in [0.3, 0.4) is 0 Å². The molecule has 0 aliphatic carbocycles. The Balaban J connectivity index is 3.20. The highest BCUT2D eigenvalue weighted by Crippen LogP contribution is 2.08. The van der Waals surface area contributed by atoms with E-state index in [9.17, 15) is 16.8 Å². The van der Waals surface area contributed by atoms with E-state index < -0.39 is 20.4 Å². The van der Waals surface area contributed by atoms with Gasteiger partial charge in [0, 0.05) is 0 Å². The summed E-state index contributed by atoms with van der Waals surface area (Å²) in [6.45, 7) is 0. The Hall–Kier alpha value is -1.18. The summed E-state index contributed by atoms with van der Waals surface area (Å²) in [6.07, 6.45) is 0. The van der Waals surface area contributed by atoms with Crippen LogP contribution in [0.25, 0.3) is 0 Å². The van der Waals surface area contributed by atoms with Crippen LogP contribution in [0.1, 0.15) is 5.56 Å². The second-order valence-corrected chi connectivity index (χ2v) is 4.60. The zero-order valence-corrected chi connectivity index (χ0v) is 8.42. The fourth-order valence-corrected chi connectivity index (χ4v) is 1.69. The van der Waals surface area contributed by atoms with Gasteiger partial charge in [-0.3, -0.25) is 4.55 Å². The summed E-state index contributed by atoms with van der Waals surface area (Å²) in [5, 5.41) is 0.924. The molecule has 0 atom stereocenters. The van der Waals surface area contributed by atoms with Crippen LogP contribution < -0.4 is 0 Å². The van der Waals surface area contributed by atoms with Crippen molar-refractivity contribution in [3.8, 4) is 0 Å². The zero-order valence-electron chi connectivity index (χ0n) is 6.78. The predicted molar refractivity (Wildman–Crippen MR) is 50.3 cm³/mol. The van der Waals surface area contributed by atoms with Gasteiger partial charge in [0.25, 0.3) is 10.1 Å². The van der Waals surface area contributed by atoms with Gasteiger partial charge in [0.2, 0.25) is 10.3 Å². The van der Waals surface area contributed by atoms with Gasteiger partial charge in [-0.15, -0.1) is 0 Å². The van der Waals surface area contributed by atoms with Crippen molar-refractivity contribution in [3.63, 3.8) is 0 Å². The predicted octanol–water partition coefficient (Wildman–Crippen LogP) is -0.0373. The van der Waals surface area contributed by atoms with E-state index in [2.05, 4.69) is 0 Å². The maximum atomic E-state index is 10.6. The second kappa shape index (κ2) is 3.91. The first-order chi connectivity index (χ1) is 6.39. The van der Waals surface area contributed by atoms with Gasteiger partial charge in [0.05, 0.1) is 10.3 Å². The lowest BCUT2D eigenvalue weighted by molar-refractivity contribution is 0.483. The first-order valence-electron chi connectivity index (χ1n) is 3.40. The lowest BCUT2D eigenvalue weighted by Gasteiger charge is -1.95. The summed E-state index contributed by atoms with van der Waals surface area (Å²) < 4.78 is 50.2. The van der Waals surface area contributed by atoms with Crippen molar-refractivity contribution in [2.75, 3.05) is 0 Å². The average molecular weight is 234 g/mol. The lowest BCUT2D eigenvalue weighted by atomic mass is 10.2. The molecular formula is C7H6O5S2. The normalized spacial score (nSPS) is 10.9. The third-order valence-electron chi connectivity index (χ3n) is 1.41. The molecule has 0 spiro atoms. The Morgan fingerprint density at radius 2 is 1.64 bits per heavy atom. The lowest BCUT2D eigenvalue weighted by Crippen LogP contribution is -1.97. The van der Waals surface area contributed by atoms with E-state index in [-0.39, 0.29) is 4.90 Å². The molecule has 1 aromatic carbocycles. The zero-order chi connectivity index (χ0) is 10.8. The van der Waals surface area contributed by atoms with E-state index in [1.165, 1.54) is 12.1 Å². The van der Waals surface area contributed by atoms with Gasteiger partial charge in [-0.05, 0) is 17.7 Å². The fraction of sp³-hybridized carbons (Fsp3) is 0. The quantitative estimate of drug-likeness (QED) is 0.573. The Morgan fingerprint density at radius 3 is 2.00 bits per heavy atom. The molecule has 0 unspecified atom stereocenters. The average Bonchev–Trinajstić information content (AvgIpc) is 2.02. The molecule has 0 aromatic heterocycles. The molecule has 0 saturated heterocycles. The first-order valence-corrected chi connectivity index (χ1v) is 5.98. The summed E-state index contributed by atoms with van der Waals surface area (Å²) in [5.41, 5.74) is 0.339. The number of benzene rings is 1. The SMILES string of the molecule is O=S(=O)=Cc1ccc(S(=O)(=O)O)cc1. The highest BCUT2D eigenvalue weighted by Gasteiger charge is 2.07. The summed E-state index contributed by atoms with van der Waals surface area (Å²) in [6, 6.07) is 4.79. The second-order valence-electron chi connectivity index (χ2n) is 2.42. The van der Waals surface area contributed by atoms with Crippen molar-refractivity contribution >= 4 is 25.8 Å². The number of rotatable bonds is 2. The minimum atomic E-state index is -4.22. The molecule has 1 rings (SSSR count). The number of hydrogen-bond donors (Lipinski definition) is 1. The maximum absolute atomic E-state index is 10.6. The van der Waals surface area contributed by atoms with E-state index in [0.29, 0.717) is 5.56 Å². The highest BCUT2D eigenvalue weighted by molar-refractivity contribution is 7.85. The molecule has 14 heavy (non-hydrogen) atoms. The largest absolute Gasteiger partial charge is 0.294 e. The first kappa shape index (κ1) is 10.9. The van der Waals surface area contributed by atoms with Crippen LogP contribution in [0.2, 0.25) is 0 Å². The molecule has 0 fully saturated rings. The van der Waals surface area contributed by atoms with E-state index in [1.54, 1.807) is 0 Å². The van der Waals surface area contributed by atoms with E-state index >= 15 is 0 Å². The van der Waals surface area contributed by atoms with Gasteiger partial charge < -0.3 is 0 Å². The van der Waals surface area contributed by atoms with Crippen molar-refractivity contribution in [2.24, 2.45) is 0 Å². The maximum Gasteiger partial charge on any atom is 0.294 e. The van der Waals surface area contributed by atoms with Crippen LogP contribution in [0.4, 0.5) is 0 Å². The van der Waals surface area contributed by atoms with Crippen LogP contribution in [-0.4, -0.2) is 26.8 Å². The topological polar surface area (TPSA) is 88.5 Å². The van der Waals surface area contributed by atoms with Crippen molar-refractivity contribution in [3.05, 3.63) is 29.8 Å². The van der Waals surface area contributed by atoms with Crippen molar-refractivity contribution in [2.45, 2.75) is 4.90 Å². The van der Waals surface area contributed by atoms with Crippen molar-refractivity contribution in [1.29, 1.82) is 0 Å². The minimum Gasteiger partial charge on any atom is -0.282 e. The Morgan fingerprint density at radius 1 is 1.14 bits per heavy atom. The Bertz CT molecular complexity index is 543. The molecule has 7 heteroatoms. The molecule has 76 valence electrons. The van der Waals surface area contributed by atoms with Crippen molar-refractivity contribution < 1.29 is 21.4 Å². The smallest absolute Gasteiger partial charge is 0.282 e. The van der Waals surface area contributed by atoms with Gasteiger partial charge >= 0.3 is 0 Å². The Kier molecular flexibility index (Phi) is 3.04. The molecule has 0 radical (unpaired) electrons. The monoisotopic (exact) mass is 234 g/mol. The molecule has 0 saturated carbocycles. The molecule has 0 aliphatic rings. The molecule has 5 nitrogen and oxygen atoms in total. The molecule has 0 amide bonds. The summed E-state index contributed by atoms with van der Waals surface area (Å²) in [4.78, 5) is -0.272. The Labute approximate surface area is 82.3 Å². The summed E-state index contributed by atoms with van der Waals surface area (Å²) >= 11 is 0. The fourth-order valence-electron chi connectivity index (χ4n) is 0.829.